The molecule has 10 nitrogen and oxygen atoms in total. The molecule has 0 unspecified atom stereocenters. The van der Waals surface area contributed by atoms with E-state index < -0.39 is 18.4 Å². The second-order valence-electron chi connectivity index (χ2n) is 6.74. The number of carboxylic acid groups (broad SMARTS) is 1. The first-order valence-electron chi connectivity index (χ1n) is 9.85. The Bertz CT molecular complexity index is 1260. The molecule has 11 heteroatoms. The van der Waals surface area contributed by atoms with Crippen molar-refractivity contribution in [2.45, 2.75) is 5.16 Å². The van der Waals surface area contributed by atoms with Crippen LogP contribution in [-0.2, 0) is 4.79 Å². The SMILES string of the molecule is COc1ccc(-c2nc(SC)nc(Nc3ccc(C(=O)NCC(=O)O)cc3)c2C#N)cc1OC. The summed E-state index contributed by atoms with van der Waals surface area (Å²) in [6.45, 7) is -0.471. The van der Waals surface area contributed by atoms with E-state index >= 15 is 0 Å². The first-order valence-corrected chi connectivity index (χ1v) is 11.1. The van der Waals surface area contributed by atoms with Crippen LogP contribution in [0.15, 0.2) is 47.6 Å². The summed E-state index contributed by atoms with van der Waals surface area (Å²) in [7, 11) is 3.07. The van der Waals surface area contributed by atoms with E-state index in [1.54, 1.807) is 30.3 Å². The minimum atomic E-state index is -1.13. The molecule has 1 aromatic heterocycles. The molecular weight excluding hydrogens is 458 g/mol. The van der Waals surface area contributed by atoms with E-state index in [0.717, 1.165) is 0 Å². The molecule has 1 amide bonds. The summed E-state index contributed by atoms with van der Waals surface area (Å²) in [6.07, 6.45) is 1.83. The Kier molecular flexibility index (Phi) is 7.89. The Balaban J connectivity index is 1.96. The van der Waals surface area contributed by atoms with Crippen molar-refractivity contribution in [1.29, 1.82) is 5.26 Å². The average molecular weight is 480 g/mol. The van der Waals surface area contributed by atoms with E-state index in [1.807, 2.05) is 6.26 Å². The van der Waals surface area contributed by atoms with Crippen LogP contribution in [0, 0.1) is 11.3 Å². The predicted molar refractivity (Wildman–Crippen MR) is 127 cm³/mol. The zero-order chi connectivity index (χ0) is 24.7. The maximum Gasteiger partial charge on any atom is 0.322 e. The second-order valence-corrected chi connectivity index (χ2v) is 7.52. The number of amides is 1. The van der Waals surface area contributed by atoms with Crippen LogP contribution >= 0.6 is 11.8 Å². The Hall–Kier alpha value is -4.30. The highest BCUT2D eigenvalue weighted by molar-refractivity contribution is 7.98. The maximum absolute atomic E-state index is 12.0. The van der Waals surface area contributed by atoms with Gasteiger partial charge in [0, 0.05) is 16.8 Å². The van der Waals surface area contributed by atoms with Gasteiger partial charge in [0.25, 0.3) is 5.91 Å². The number of nitrogens with zero attached hydrogens (tertiary/aromatic N) is 3. The zero-order valence-electron chi connectivity index (χ0n) is 18.6. The van der Waals surface area contributed by atoms with Crippen LogP contribution in [-0.4, -0.2) is 54.0 Å². The monoisotopic (exact) mass is 479 g/mol. The molecule has 0 bridgehead atoms. The molecule has 1 heterocycles. The molecule has 0 atom stereocenters. The number of aromatic nitrogens is 2. The summed E-state index contributed by atoms with van der Waals surface area (Å²) in [5.41, 5.74) is 2.18. The minimum absolute atomic E-state index is 0.230. The average Bonchev–Trinajstić information content (AvgIpc) is 2.86. The molecule has 34 heavy (non-hydrogen) atoms. The summed E-state index contributed by atoms with van der Waals surface area (Å²) < 4.78 is 10.7. The van der Waals surface area contributed by atoms with Gasteiger partial charge in [-0.15, -0.1) is 0 Å². The number of hydrogen-bond acceptors (Lipinski definition) is 9. The Morgan fingerprint density at radius 1 is 1.09 bits per heavy atom. The molecule has 0 fully saturated rings. The number of aliphatic carboxylic acids is 1. The highest BCUT2D eigenvalue weighted by Gasteiger charge is 2.18. The number of carbonyl (C=O) groups is 2. The van der Waals surface area contributed by atoms with Crippen LogP contribution in [0.1, 0.15) is 15.9 Å². The summed E-state index contributed by atoms with van der Waals surface area (Å²) in [5.74, 6) is -0.285. The first-order chi connectivity index (χ1) is 16.4. The summed E-state index contributed by atoms with van der Waals surface area (Å²) in [6, 6.07) is 13.8. The van der Waals surface area contributed by atoms with Crippen molar-refractivity contribution in [1.82, 2.24) is 15.3 Å². The van der Waals surface area contributed by atoms with E-state index in [9.17, 15) is 14.9 Å². The lowest BCUT2D eigenvalue weighted by atomic mass is 10.1. The smallest absolute Gasteiger partial charge is 0.322 e. The van der Waals surface area contributed by atoms with Crippen LogP contribution in [0.25, 0.3) is 11.3 Å². The van der Waals surface area contributed by atoms with E-state index in [-0.39, 0.29) is 5.56 Å². The fraction of sp³-hybridized carbons (Fsp3) is 0.174. The van der Waals surface area contributed by atoms with Crippen molar-refractivity contribution in [3.8, 4) is 28.8 Å². The van der Waals surface area contributed by atoms with Gasteiger partial charge in [-0.25, -0.2) is 9.97 Å². The van der Waals surface area contributed by atoms with E-state index in [2.05, 4.69) is 26.7 Å². The standard InChI is InChI=1S/C23H21N5O5S/c1-32-17-9-6-14(10-18(17)33-2)20-16(11-24)21(28-23(27-20)34-3)26-15-7-4-13(5-8-15)22(31)25-12-19(29)30/h4-10H,12H2,1-3H3,(H,25,31)(H,29,30)(H,26,27,28). The number of nitriles is 1. The van der Waals surface area contributed by atoms with Crippen LogP contribution in [0.4, 0.5) is 11.5 Å². The largest absolute Gasteiger partial charge is 0.493 e. The van der Waals surface area contributed by atoms with Crippen LogP contribution < -0.4 is 20.1 Å². The molecule has 0 saturated heterocycles. The van der Waals surface area contributed by atoms with Crippen molar-refractivity contribution < 1.29 is 24.2 Å². The van der Waals surface area contributed by atoms with Gasteiger partial charge in [-0.05, 0) is 48.7 Å². The summed E-state index contributed by atoms with van der Waals surface area (Å²) in [4.78, 5) is 31.6. The van der Waals surface area contributed by atoms with Crippen LogP contribution in [0.2, 0.25) is 0 Å². The predicted octanol–water partition coefficient (Wildman–Crippen LogP) is 3.31. The van der Waals surface area contributed by atoms with Crippen molar-refractivity contribution in [2.24, 2.45) is 0 Å². The molecule has 0 aliphatic rings. The van der Waals surface area contributed by atoms with Gasteiger partial charge in [0.1, 0.15) is 18.2 Å². The van der Waals surface area contributed by atoms with Gasteiger partial charge < -0.3 is 25.2 Å². The molecule has 174 valence electrons. The minimum Gasteiger partial charge on any atom is -0.493 e. The van der Waals surface area contributed by atoms with E-state index in [0.29, 0.717) is 45.0 Å². The van der Waals surface area contributed by atoms with E-state index in [4.69, 9.17) is 14.6 Å². The number of thioether (sulfide) groups is 1. The topological polar surface area (TPSA) is 146 Å². The normalized spacial score (nSPS) is 10.2. The highest BCUT2D eigenvalue weighted by Crippen LogP contribution is 2.35. The molecular formula is C23H21N5O5S. The number of ether oxygens (including phenoxy) is 2. The molecule has 0 aliphatic heterocycles. The van der Waals surface area contributed by atoms with Gasteiger partial charge in [-0.3, -0.25) is 9.59 Å². The third-order valence-electron chi connectivity index (χ3n) is 4.65. The molecule has 0 spiro atoms. The van der Waals surface area contributed by atoms with E-state index in [1.165, 1.54) is 38.1 Å². The molecule has 3 rings (SSSR count). The maximum atomic E-state index is 12.0. The number of hydrogen-bond donors (Lipinski definition) is 3. The van der Waals surface area contributed by atoms with Crippen molar-refractivity contribution in [3.05, 3.63) is 53.6 Å². The van der Waals surface area contributed by atoms with Gasteiger partial charge in [-0.1, -0.05) is 11.8 Å². The Labute approximate surface area is 199 Å². The summed E-state index contributed by atoms with van der Waals surface area (Å²) in [5, 5.41) is 24.5. The van der Waals surface area contributed by atoms with Crippen molar-refractivity contribution in [2.75, 3.05) is 32.3 Å². The highest BCUT2D eigenvalue weighted by atomic mass is 32.2. The van der Waals surface area contributed by atoms with Crippen LogP contribution in [0.5, 0.6) is 11.5 Å². The number of anilines is 2. The van der Waals surface area contributed by atoms with Crippen molar-refractivity contribution >= 4 is 35.1 Å². The number of carboxylic acids is 1. The molecule has 3 N–H and O–H groups in total. The third-order valence-corrected chi connectivity index (χ3v) is 5.20. The summed E-state index contributed by atoms with van der Waals surface area (Å²) >= 11 is 1.32. The van der Waals surface area contributed by atoms with Gasteiger partial charge in [-0.2, -0.15) is 5.26 Å². The molecule has 0 radical (unpaired) electrons. The second kappa shape index (κ2) is 11.0. The molecule has 0 aliphatic carbocycles. The first kappa shape index (κ1) is 24.3. The zero-order valence-corrected chi connectivity index (χ0v) is 19.4. The third kappa shape index (κ3) is 5.54. The lowest BCUT2D eigenvalue weighted by Gasteiger charge is -2.14. The lowest BCUT2D eigenvalue weighted by Crippen LogP contribution is -2.29. The Morgan fingerprint density at radius 2 is 1.79 bits per heavy atom. The number of benzene rings is 2. The van der Waals surface area contributed by atoms with Gasteiger partial charge in [0.05, 0.1) is 19.9 Å². The number of nitrogens with one attached hydrogen (secondary N) is 2. The fourth-order valence-corrected chi connectivity index (χ4v) is 3.39. The molecule has 3 aromatic rings. The van der Waals surface area contributed by atoms with Crippen molar-refractivity contribution in [3.63, 3.8) is 0 Å². The van der Waals surface area contributed by atoms with Gasteiger partial charge >= 0.3 is 5.97 Å². The Morgan fingerprint density at radius 3 is 2.38 bits per heavy atom. The number of methoxy groups -OCH3 is 2. The molecule has 0 saturated carbocycles. The number of rotatable bonds is 9. The van der Waals surface area contributed by atoms with Gasteiger partial charge in [0.2, 0.25) is 0 Å². The fourth-order valence-electron chi connectivity index (χ4n) is 3.02. The lowest BCUT2D eigenvalue weighted by molar-refractivity contribution is -0.135. The van der Waals surface area contributed by atoms with Gasteiger partial charge in [0.15, 0.2) is 22.5 Å². The molecule has 2 aromatic carbocycles. The van der Waals surface area contributed by atoms with Crippen LogP contribution in [0.3, 0.4) is 0 Å². The quantitative estimate of drug-likeness (QED) is 0.308. The number of carbonyl (C=O) groups excluding carboxylic acids is 1.